The maximum absolute atomic E-state index is 13.8. The first-order chi connectivity index (χ1) is 14.9. The van der Waals surface area contributed by atoms with Gasteiger partial charge in [-0.3, -0.25) is 4.79 Å². The van der Waals surface area contributed by atoms with E-state index in [2.05, 4.69) is 55.7 Å². The molecule has 0 aromatic heterocycles. The van der Waals surface area contributed by atoms with Crippen LogP contribution in [0.1, 0.15) is 11.1 Å². The van der Waals surface area contributed by atoms with Crippen LogP contribution in [0.5, 0.6) is 5.75 Å². The van der Waals surface area contributed by atoms with Crippen molar-refractivity contribution in [1.29, 1.82) is 0 Å². The minimum Gasteiger partial charge on any atom is -0.487 e. The van der Waals surface area contributed by atoms with Crippen LogP contribution in [0.3, 0.4) is 0 Å². The summed E-state index contributed by atoms with van der Waals surface area (Å²) in [6, 6.07) is 17.6. The molecule has 4 nitrogen and oxygen atoms in total. The summed E-state index contributed by atoms with van der Waals surface area (Å²) in [5, 5.41) is 4.69. The van der Waals surface area contributed by atoms with Crippen LogP contribution in [0, 0.1) is 13.0 Å². The third kappa shape index (κ3) is 7.62. The first-order valence-corrected chi connectivity index (χ1v) is 12.5. The number of hydrogen-bond acceptors (Lipinski definition) is 4. The van der Waals surface area contributed by atoms with Gasteiger partial charge in [0.1, 0.15) is 18.2 Å². The SMILES string of the molecule is O=C(CSc1ccc(Cl)cc1)N/N=C\c1cc(I)c(OCc2ccccc2F)c(I)c1. The summed E-state index contributed by atoms with van der Waals surface area (Å²) in [5.74, 6) is 0.438. The molecule has 3 aromatic carbocycles. The number of nitrogens with one attached hydrogen (secondary N) is 1. The molecule has 0 aliphatic heterocycles. The Labute approximate surface area is 216 Å². The first-order valence-electron chi connectivity index (χ1n) is 8.98. The summed E-state index contributed by atoms with van der Waals surface area (Å²) < 4.78 is 21.4. The van der Waals surface area contributed by atoms with Gasteiger partial charge in [-0.05, 0) is 93.2 Å². The van der Waals surface area contributed by atoms with Crippen LogP contribution >= 0.6 is 68.5 Å². The smallest absolute Gasteiger partial charge is 0.250 e. The second-order valence-electron chi connectivity index (χ2n) is 6.23. The Morgan fingerprint density at radius 1 is 1.13 bits per heavy atom. The summed E-state index contributed by atoms with van der Waals surface area (Å²) in [4.78, 5) is 12.9. The van der Waals surface area contributed by atoms with Crippen LogP contribution in [0.4, 0.5) is 4.39 Å². The molecule has 0 unspecified atom stereocenters. The number of hydrogen-bond donors (Lipinski definition) is 1. The number of halogens is 4. The molecule has 31 heavy (non-hydrogen) atoms. The van der Waals surface area contributed by atoms with E-state index in [9.17, 15) is 9.18 Å². The molecule has 9 heteroatoms. The zero-order valence-electron chi connectivity index (χ0n) is 15.9. The fourth-order valence-electron chi connectivity index (χ4n) is 2.45. The highest BCUT2D eigenvalue weighted by Gasteiger charge is 2.10. The van der Waals surface area contributed by atoms with Gasteiger partial charge in [0.05, 0.1) is 19.1 Å². The van der Waals surface area contributed by atoms with Crippen LogP contribution in [0.2, 0.25) is 5.02 Å². The molecule has 0 bridgehead atoms. The van der Waals surface area contributed by atoms with E-state index < -0.39 is 0 Å². The average Bonchev–Trinajstić information content (AvgIpc) is 2.74. The van der Waals surface area contributed by atoms with Crippen LogP contribution in [0.15, 0.2) is 70.7 Å². The largest absolute Gasteiger partial charge is 0.487 e. The highest BCUT2D eigenvalue weighted by atomic mass is 127. The van der Waals surface area contributed by atoms with Crippen LogP contribution in [-0.4, -0.2) is 17.9 Å². The van der Waals surface area contributed by atoms with Gasteiger partial charge < -0.3 is 4.74 Å². The molecule has 0 atom stereocenters. The molecule has 0 aliphatic carbocycles. The monoisotopic (exact) mass is 680 g/mol. The summed E-state index contributed by atoms with van der Waals surface area (Å²) in [7, 11) is 0. The van der Waals surface area contributed by atoms with Crippen LogP contribution in [-0.2, 0) is 11.4 Å². The average molecular weight is 681 g/mol. The second kappa shape index (κ2) is 12.0. The number of hydrazone groups is 1. The third-order valence-corrected chi connectivity index (χ3v) is 6.80. The number of benzene rings is 3. The maximum atomic E-state index is 13.8. The first kappa shape index (κ1) is 24.3. The molecule has 0 saturated heterocycles. The van der Waals surface area contributed by atoms with Gasteiger partial charge in [0.25, 0.3) is 0 Å². The second-order valence-corrected chi connectivity index (χ2v) is 10.0. The Hall–Kier alpha value is -1.37. The highest BCUT2D eigenvalue weighted by molar-refractivity contribution is 14.1. The number of carbonyl (C=O) groups excluding carboxylic acids is 1. The minimum absolute atomic E-state index is 0.146. The van der Waals surface area contributed by atoms with Gasteiger partial charge in [0.15, 0.2) is 0 Å². The number of thioether (sulfide) groups is 1. The lowest BCUT2D eigenvalue weighted by Crippen LogP contribution is -2.19. The van der Waals surface area contributed by atoms with E-state index in [0.29, 0.717) is 16.3 Å². The van der Waals surface area contributed by atoms with Crippen molar-refractivity contribution < 1.29 is 13.9 Å². The van der Waals surface area contributed by atoms with E-state index in [1.165, 1.54) is 17.8 Å². The molecule has 0 spiro atoms. The van der Waals surface area contributed by atoms with E-state index in [4.69, 9.17) is 16.3 Å². The third-order valence-electron chi connectivity index (χ3n) is 3.94. The predicted octanol–water partition coefficient (Wildman–Crippen LogP) is 6.51. The van der Waals surface area contributed by atoms with E-state index >= 15 is 0 Å². The van der Waals surface area contributed by atoms with Crippen LogP contribution in [0.25, 0.3) is 0 Å². The van der Waals surface area contributed by atoms with Crippen molar-refractivity contribution in [2.45, 2.75) is 11.5 Å². The maximum Gasteiger partial charge on any atom is 0.250 e. The van der Waals surface area contributed by atoms with Crippen molar-refractivity contribution in [3.8, 4) is 5.75 Å². The van der Waals surface area contributed by atoms with E-state index in [1.54, 1.807) is 36.5 Å². The minimum atomic E-state index is -0.291. The number of carbonyl (C=O) groups is 1. The van der Waals surface area contributed by atoms with Gasteiger partial charge in [-0.1, -0.05) is 29.8 Å². The fourth-order valence-corrected chi connectivity index (χ4v) is 5.39. The van der Waals surface area contributed by atoms with Gasteiger partial charge in [0, 0.05) is 15.5 Å². The molecule has 0 radical (unpaired) electrons. The van der Waals surface area contributed by atoms with Gasteiger partial charge in [0.2, 0.25) is 5.91 Å². The fraction of sp³-hybridized carbons (Fsp3) is 0.0909. The summed E-state index contributed by atoms with van der Waals surface area (Å²) in [5.41, 5.74) is 3.84. The number of ether oxygens (including phenoxy) is 1. The lowest BCUT2D eigenvalue weighted by atomic mass is 10.2. The van der Waals surface area contributed by atoms with Crippen molar-refractivity contribution in [3.63, 3.8) is 0 Å². The van der Waals surface area contributed by atoms with Crippen molar-refractivity contribution in [2.75, 3.05) is 5.75 Å². The molecule has 0 fully saturated rings. The van der Waals surface area contributed by atoms with Gasteiger partial charge in [-0.15, -0.1) is 11.8 Å². The highest BCUT2D eigenvalue weighted by Crippen LogP contribution is 2.29. The zero-order chi connectivity index (χ0) is 22.2. The molecule has 3 rings (SSSR count). The van der Waals surface area contributed by atoms with Crippen molar-refractivity contribution >= 4 is 80.7 Å². The Kier molecular flexibility index (Phi) is 9.42. The molecule has 0 heterocycles. The molecular formula is C22H16ClFI2N2O2S. The van der Waals surface area contributed by atoms with E-state index in [1.807, 2.05) is 24.3 Å². The molecule has 160 valence electrons. The Bertz CT molecular complexity index is 1070. The van der Waals surface area contributed by atoms with Crippen molar-refractivity contribution in [1.82, 2.24) is 5.43 Å². The quantitative estimate of drug-likeness (QED) is 0.128. The normalized spacial score (nSPS) is 11.0. The molecular weight excluding hydrogens is 665 g/mol. The lowest BCUT2D eigenvalue weighted by Gasteiger charge is -2.12. The molecule has 1 N–H and O–H groups in total. The topological polar surface area (TPSA) is 50.7 Å². The summed E-state index contributed by atoms with van der Waals surface area (Å²) >= 11 is 11.6. The van der Waals surface area contributed by atoms with Gasteiger partial charge in [-0.25, -0.2) is 9.82 Å². The molecule has 1 amide bonds. The lowest BCUT2D eigenvalue weighted by molar-refractivity contribution is -0.118. The van der Waals surface area contributed by atoms with E-state index in [0.717, 1.165) is 17.6 Å². The summed E-state index contributed by atoms with van der Waals surface area (Å²) in [6.07, 6.45) is 1.58. The van der Waals surface area contributed by atoms with Crippen molar-refractivity contribution in [2.24, 2.45) is 5.10 Å². The van der Waals surface area contributed by atoms with Crippen LogP contribution < -0.4 is 10.2 Å². The Balaban J connectivity index is 1.54. The predicted molar refractivity (Wildman–Crippen MR) is 141 cm³/mol. The molecule has 3 aromatic rings. The number of rotatable bonds is 8. The number of nitrogens with zero attached hydrogens (tertiary/aromatic N) is 1. The zero-order valence-corrected chi connectivity index (χ0v) is 21.8. The van der Waals surface area contributed by atoms with Gasteiger partial charge in [-0.2, -0.15) is 5.10 Å². The summed E-state index contributed by atoms with van der Waals surface area (Å²) in [6.45, 7) is 0.146. The van der Waals surface area contributed by atoms with Crippen molar-refractivity contribution in [3.05, 3.63) is 89.8 Å². The number of amides is 1. The Morgan fingerprint density at radius 2 is 1.81 bits per heavy atom. The molecule has 0 aliphatic rings. The standard InChI is InChI=1S/C22H16ClFI2N2O2S/c23-16-5-7-17(8-6-16)31-13-21(29)28-27-11-14-9-19(25)22(20(26)10-14)30-12-15-3-1-2-4-18(15)24/h1-11H,12-13H2,(H,28,29)/b27-11-. The van der Waals surface area contributed by atoms with E-state index in [-0.39, 0.29) is 24.1 Å². The van der Waals surface area contributed by atoms with Gasteiger partial charge >= 0.3 is 0 Å². The Morgan fingerprint density at radius 3 is 2.48 bits per heavy atom. The molecule has 0 saturated carbocycles.